The highest BCUT2D eigenvalue weighted by atomic mass is 35.5. The van der Waals surface area contributed by atoms with Gasteiger partial charge in [0.2, 0.25) is 5.91 Å². The molecule has 0 atom stereocenters. The van der Waals surface area contributed by atoms with E-state index < -0.39 is 0 Å². The maximum Gasteiger partial charge on any atom is 0.258 e. The quantitative estimate of drug-likeness (QED) is 0.752. The maximum atomic E-state index is 11.6. The molecule has 0 unspecified atom stereocenters. The summed E-state index contributed by atoms with van der Waals surface area (Å²) in [6.07, 6.45) is 0. The van der Waals surface area contributed by atoms with Crippen LogP contribution in [0.5, 0.6) is 5.75 Å². The average molecular weight is 333 g/mol. The zero-order chi connectivity index (χ0) is 15.8. The van der Waals surface area contributed by atoms with Crippen LogP contribution in [0.4, 0.5) is 0 Å². The molecule has 0 spiro atoms. The first-order valence-corrected chi connectivity index (χ1v) is 7.28. The molecule has 0 aliphatic rings. The maximum absolute atomic E-state index is 11.6. The molecule has 0 heterocycles. The van der Waals surface area contributed by atoms with E-state index in [1.165, 1.54) is 6.07 Å². The molecule has 116 valence electrons. The molecular weight excluding hydrogens is 315 g/mol. The van der Waals surface area contributed by atoms with E-state index in [9.17, 15) is 9.59 Å². The molecule has 1 rings (SSSR count). The van der Waals surface area contributed by atoms with Gasteiger partial charge in [0.1, 0.15) is 5.75 Å². The monoisotopic (exact) mass is 332 g/mol. The number of carbonyl (C=O) groups is 2. The predicted octanol–water partition coefficient (Wildman–Crippen LogP) is 2.26. The van der Waals surface area contributed by atoms with Gasteiger partial charge in [-0.15, -0.1) is 0 Å². The van der Waals surface area contributed by atoms with Crippen molar-refractivity contribution in [2.45, 2.75) is 13.8 Å². The van der Waals surface area contributed by atoms with Crippen LogP contribution in [0, 0.1) is 5.92 Å². The number of carbonyl (C=O) groups excluding carboxylic acids is 2. The Balaban J connectivity index is 2.24. The van der Waals surface area contributed by atoms with Crippen LogP contribution in [0.2, 0.25) is 10.0 Å². The Morgan fingerprint density at radius 3 is 2.48 bits per heavy atom. The lowest BCUT2D eigenvalue weighted by molar-refractivity contribution is -0.125. The second kappa shape index (κ2) is 8.74. The Morgan fingerprint density at radius 1 is 1.19 bits per heavy atom. The molecule has 0 saturated heterocycles. The molecule has 0 fully saturated rings. The van der Waals surface area contributed by atoms with Gasteiger partial charge in [-0.1, -0.05) is 37.0 Å². The smallest absolute Gasteiger partial charge is 0.258 e. The van der Waals surface area contributed by atoms with Crippen molar-refractivity contribution >= 4 is 35.0 Å². The summed E-state index contributed by atoms with van der Waals surface area (Å²) in [6, 6.07) is 4.76. The first-order valence-electron chi connectivity index (χ1n) is 6.52. The van der Waals surface area contributed by atoms with Crippen LogP contribution in [-0.2, 0) is 9.59 Å². The standard InChI is InChI=1S/C14H18Cl2N2O3/c1-9(2)14(20)18-6-5-17-13(19)8-21-12-4-3-10(15)7-11(12)16/h3-4,7,9H,5-6,8H2,1-2H3,(H,17,19)(H,18,20). The van der Waals surface area contributed by atoms with Gasteiger partial charge in [-0.2, -0.15) is 0 Å². The Morgan fingerprint density at radius 2 is 1.86 bits per heavy atom. The summed E-state index contributed by atoms with van der Waals surface area (Å²) < 4.78 is 5.28. The van der Waals surface area contributed by atoms with Gasteiger partial charge in [0.15, 0.2) is 6.61 Å². The topological polar surface area (TPSA) is 67.4 Å². The van der Waals surface area contributed by atoms with Crippen LogP contribution in [-0.4, -0.2) is 31.5 Å². The lowest BCUT2D eigenvalue weighted by atomic mass is 10.2. The molecule has 0 saturated carbocycles. The van der Waals surface area contributed by atoms with Gasteiger partial charge in [0.05, 0.1) is 5.02 Å². The summed E-state index contributed by atoms with van der Waals surface area (Å²) in [7, 11) is 0. The highest BCUT2D eigenvalue weighted by Crippen LogP contribution is 2.27. The molecule has 7 heteroatoms. The van der Waals surface area contributed by atoms with Gasteiger partial charge >= 0.3 is 0 Å². The average Bonchev–Trinajstić information content (AvgIpc) is 2.42. The number of halogens is 2. The van der Waals surface area contributed by atoms with Crippen LogP contribution in [0.3, 0.4) is 0 Å². The molecule has 0 bridgehead atoms. The minimum absolute atomic E-state index is 0.0477. The van der Waals surface area contributed by atoms with Crippen LogP contribution in [0.25, 0.3) is 0 Å². The lowest BCUT2D eigenvalue weighted by Gasteiger charge is -2.10. The molecule has 1 aromatic carbocycles. The summed E-state index contributed by atoms with van der Waals surface area (Å²) in [4.78, 5) is 22.8. The lowest BCUT2D eigenvalue weighted by Crippen LogP contribution is -2.38. The van der Waals surface area contributed by atoms with Crippen molar-refractivity contribution in [2.24, 2.45) is 5.92 Å². The third kappa shape index (κ3) is 6.69. The zero-order valence-corrected chi connectivity index (χ0v) is 13.4. The number of benzene rings is 1. The largest absolute Gasteiger partial charge is 0.482 e. The van der Waals surface area contributed by atoms with E-state index in [-0.39, 0.29) is 24.3 Å². The first-order chi connectivity index (χ1) is 9.90. The number of nitrogens with one attached hydrogen (secondary N) is 2. The van der Waals surface area contributed by atoms with E-state index in [0.717, 1.165) is 0 Å². The minimum atomic E-state index is -0.292. The highest BCUT2D eigenvalue weighted by molar-refractivity contribution is 6.35. The van der Waals surface area contributed by atoms with Gasteiger partial charge in [0, 0.05) is 24.0 Å². The van der Waals surface area contributed by atoms with Crippen molar-refractivity contribution in [2.75, 3.05) is 19.7 Å². The molecule has 1 aromatic rings. The zero-order valence-electron chi connectivity index (χ0n) is 11.9. The van der Waals surface area contributed by atoms with Gasteiger partial charge in [-0.05, 0) is 18.2 Å². The highest BCUT2D eigenvalue weighted by Gasteiger charge is 2.07. The molecule has 21 heavy (non-hydrogen) atoms. The van der Waals surface area contributed by atoms with Crippen LogP contribution >= 0.6 is 23.2 Å². The third-order valence-electron chi connectivity index (χ3n) is 2.52. The normalized spacial score (nSPS) is 10.3. The van der Waals surface area contributed by atoms with Gasteiger partial charge in [-0.25, -0.2) is 0 Å². The van der Waals surface area contributed by atoms with E-state index in [1.807, 2.05) is 0 Å². The molecule has 0 aliphatic carbocycles. The fraction of sp³-hybridized carbons (Fsp3) is 0.429. The molecule has 2 N–H and O–H groups in total. The third-order valence-corrected chi connectivity index (χ3v) is 3.05. The molecular formula is C14H18Cl2N2O3. The van der Waals surface area contributed by atoms with Crippen molar-refractivity contribution in [3.63, 3.8) is 0 Å². The molecule has 0 aliphatic heterocycles. The van der Waals surface area contributed by atoms with Gasteiger partial charge < -0.3 is 15.4 Å². The van der Waals surface area contributed by atoms with Crippen molar-refractivity contribution < 1.29 is 14.3 Å². The summed E-state index contributed by atoms with van der Waals surface area (Å²) >= 11 is 11.7. The van der Waals surface area contributed by atoms with E-state index in [2.05, 4.69) is 10.6 Å². The summed E-state index contributed by atoms with van der Waals surface area (Å²) in [5.74, 6) is -0.0198. The van der Waals surface area contributed by atoms with Crippen molar-refractivity contribution in [3.8, 4) is 5.75 Å². The number of amides is 2. The SMILES string of the molecule is CC(C)C(=O)NCCNC(=O)COc1ccc(Cl)cc1Cl. The van der Waals surface area contributed by atoms with Crippen molar-refractivity contribution in [3.05, 3.63) is 28.2 Å². The van der Waals surface area contributed by atoms with E-state index in [1.54, 1.807) is 26.0 Å². The van der Waals surface area contributed by atoms with Crippen LogP contribution in [0.15, 0.2) is 18.2 Å². The van der Waals surface area contributed by atoms with Gasteiger partial charge in [-0.3, -0.25) is 9.59 Å². The fourth-order valence-corrected chi connectivity index (χ4v) is 1.84. The van der Waals surface area contributed by atoms with Crippen LogP contribution < -0.4 is 15.4 Å². The van der Waals surface area contributed by atoms with E-state index in [0.29, 0.717) is 28.9 Å². The van der Waals surface area contributed by atoms with Gasteiger partial charge in [0.25, 0.3) is 5.91 Å². The molecule has 0 aromatic heterocycles. The number of hydrogen-bond acceptors (Lipinski definition) is 3. The van der Waals surface area contributed by atoms with E-state index in [4.69, 9.17) is 27.9 Å². The van der Waals surface area contributed by atoms with E-state index >= 15 is 0 Å². The molecule has 2 amide bonds. The van der Waals surface area contributed by atoms with Crippen molar-refractivity contribution in [1.29, 1.82) is 0 Å². The second-order valence-corrected chi connectivity index (χ2v) is 5.50. The Hall–Kier alpha value is -1.46. The Bertz CT molecular complexity index is 507. The number of rotatable bonds is 7. The summed E-state index contributed by atoms with van der Waals surface area (Å²) in [6.45, 7) is 4.17. The molecule has 0 radical (unpaired) electrons. The Kier molecular flexibility index (Phi) is 7.32. The van der Waals surface area contributed by atoms with Crippen molar-refractivity contribution in [1.82, 2.24) is 10.6 Å². The summed E-state index contributed by atoms with van der Waals surface area (Å²) in [5.41, 5.74) is 0. The predicted molar refractivity (Wildman–Crippen MR) is 82.8 cm³/mol. The minimum Gasteiger partial charge on any atom is -0.482 e. The van der Waals surface area contributed by atoms with Crippen LogP contribution in [0.1, 0.15) is 13.8 Å². The first kappa shape index (κ1) is 17.6. The number of ether oxygens (including phenoxy) is 1. The summed E-state index contributed by atoms with van der Waals surface area (Å²) in [5, 5.41) is 6.17. The second-order valence-electron chi connectivity index (χ2n) is 4.66. The Labute approximate surface area is 133 Å². The number of hydrogen-bond donors (Lipinski definition) is 2. The fourth-order valence-electron chi connectivity index (χ4n) is 1.38. The molecule has 5 nitrogen and oxygen atoms in total.